The molecule has 0 fully saturated rings. The summed E-state index contributed by atoms with van der Waals surface area (Å²) in [5.41, 5.74) is 1.25. The number of hydrogen-bond donors (Lipinski definition) is 1. The second kappa shape index (κ2) is 7.16. The van der Waals surface area contributed by atoms with Crippen molar-refractivity contribution in [2.75, 3.05) is 6.54 Å². The van der Waals surface area contributed by atoms with E-state index >= 15 is 0 Å². The minimum Gasteiger partial charge on any atom is -0.329 e. The molecule has 0 amide bonds. The zero-order valence-corrected chi connectivity index (χ0v) is 13.6. The number of rotatable bonds is 6. The highest BCUT2D eigenvalue weighted by molar-refractivity contribution is 7.99. The topological polar surface area (TPSA) is 29.9 Å². The molecule has 108 valence electrons. The summed E-state index contributed by atoms with van der Waals surface area (Å²) in [6.45, 7) is 6.27. The highest BCUT2D eigenvalue weighted by Crippen LogP contribution is 2.31. The Morgan fingerprint density at radius 3 is 2.85 bits per heavy atom. The second-order valence-corrected chi connectivity index (χ2v) is 6.65. The number of nitrogens with one attached hydrogen (secondary N) is 1. The molecule has 0 saturated carbocycles. The van der Waals surface area contributed by atoms with Gasteiger partial charge in [-0.3, -0.25) is 0 Å². The van der Waals surface area contributed by atoms with Crippen LogP contribution in [0.5, 0.6) is 0 Å². The van der Waals surface area contributed by atoms with Gasteiger partial charge in [-0.05, 0) is 30.2 Å². The molecule has 20 heavy (non-hydrogen) atoms. The second-order valence-electron chi connectivity index (χ2n) is 5.20. The Morgan fingerprint density at radius 2 is 2.20 bits per heavy atom. The molecule has 0 saturated heterocycles. The first-order chi connectivity index (χ1) is 9.56. The molecule has 1 heterocycles. The van der Waals surface area contributed by atoms with Gasteiger partial charge < -0.3 is 9.88 Å². The first kappa shape index (κ1) is 15.4. The van der Waals surface area contributed by atoms with Crippen LogP contribution in [0.15, 0.2) is 40.6 Å². The molecule has 1 N–H and O–H groups in total. The summed E-state index contributed by atoms with van der Waals surface area (Å²) in [7, 11) is 2.00. The highest BCUT2D eigenvalue weighted by Gasteiger charge is 2.08. The first-order valence-electron chi connectivity index (χ1n) is 6.70. The Kier molecular flexibility index (Phi) is 5.52. The molecular weight excluding hydrogens is 290 g/mol. The number of aryl methyl sites for hydroxylation is 1. The van der Waals surface area contributed by atoms with Crippen molar-refractivity contribution in [2.45, 2.75) is 30.4 Å². The fourth-order valence-electron chi connectivity index (χ4n) is 1.81. The van der Waals surface area contributed by atoms with Gasteiger partial charge in [0, 0.05) is 35.9 Å². The molecule has 1 aromatic carbocycles. The lowest BCUT2D eigenvalue weighted by Crippen LogP contribution is -2.19. The molecule has 0 bridgehead atoms. The number of halogens is 1. The van der Waals surface area contributed by atoms with E-state index in [0.717, 1.165) is 28.2 Å². The Labute approximate surface area is 129 Å². The largest absolute Gasteiger partial charge is 0.329 e. The summed E-state index contributed by atoms with van der Waals surface area (Å²) in [5.74, 6) is 0.646. The lowest BCUT2D eigenvalue weighted by atomic mass is 10.2. The van der Waals surface area contributed by atoms with Crippen molar-refractivity contribution in [3.05, 3.63) is 41.2 Å². The van der Waals surface area contributed by atoms with Gasteiger partial charge in [-0.25, -0.2) is 4.98 Å². The summed E-state index contributed by atoms with van der Waals surface area (Å²) < 4.78 is 2.01. The van der Waals surface area contributed by atoms with Crippen molar-refractivity contribution in [3.63, 3.8) is 0 Å². The van der Waals surface area contributed by atoms with Crippen LogP contribution in [-0.2, 0) is 13.6 Å². The Hall–Kier alpha value is -0.970. The molecule has 2 rings (SSSR count). The molecule has 0 aliphatic carbocycles. The van der Waals surface area contributed by atoms with E-state index in [0.29, 0.717) is 5.92 Å². The van der Waals surface area contributed by atoms with Gasteiger partial charge in [0.2, 0.25) is 0 Å². The third kappa shape index (κ3) is 4.27. The van der Waals surface area contributed by atoms with Gasteiger partial charge >= 0.3 is 0 Å². The third-order valence-corrected chi connectivity index (χ3v) is 4.29. The van der Waals surface area contributed by atoms with Crippen molar-refractivity contribution >= 4 is 23.4 Å². The lowest BCUT2D eigenvalue weighted by molar-refractivity contribution is 0.550. The van der Waals surface area contributed by atoms with Crippen LogP contribution in [0.25, 0.3) is 0 Å². The zero-order chi connectivity index (χ0) is 14.5. The predicted molar refractivity (Wildman–Crippen MR) is 85.3 cm³/mol. The van der Waals surface area contributed by atoms with E-state index in [4.69, 9.17) is 11.6 Å². The van der Waals surface area contributed by atoms with Crippen molar-refractivity contribution < 1.29 is 0 Å². The molecule has 5 heteroatoms. The van der Waals surface area contributed by atoms with Gasteiger partial charge in [0.25, 0.3) is 0 Å². The van der Waals surface area contributed by atoms with Gasteiger partial charge in [-0.15, -0.1) is 0 Å². The summed E-state index contributed by atoms with van der Waals surface area (Å²) >= 11 is 7.77. The molecular formula is C15H20ClN3S. The summed E-state index contributed by atoms with van der Waals surface area (Å²) in [5, 5.41) is 5.20. The van der Waals surface area contributed by atoms with E-state index in [-0.39, 0.29) is 0 Å². The van der Waals surface area contributed by atoms with Crippen LogP contribution in [0.2, 0.25) is 5.02 Å². The Bertz CT molecular complexity index is 566. The molecule has 0 unspecified atom stereocenters. The molecule has 0 aliphatic rings. The number of nitrogens with zero attached hydrogens (tertiary/aromatic N) is 2. The van der Waals surface area contributed by atoms with Gasteiger partial charge in [0.05, 0.1) is 0 Å². The fraction of sp³-hybridized carbons (Fsp3) is 0.400. The molecule has 0 aliphatic heterocycles. The summed E-state index contributed by atoms with van der Waals surface area (Å²) in [4.78, 5) is 5.51. The van der Waals surface area contributed by atoms with Crippen LogP contribution in [-0.4, -0.2) is 16.1 Å². The Morgan fingerprint density at radius 1 is 1.40 bits per heavy atom. The van der Waals surface area contributed by atoms with Gasteiger partial charge in [-0.1, -0.05) is 43.3 Å². The van der Waals surface area contributed by atoms with E-state index in [1.165, 1.54) is 5.56 Å². The van der Waals surface area contributed by atoms with Crippen LogP contribution in [0.4, 0.5) is 0 Å². The maximum atomic E-state index is 6.12. The average Bonchev–Trinajstić information content (AvgIpc) is 2.77. The van der Waals surface area contributed by atoms with Crippen molar-refractivity contribution in [1.82, 2.24) is 14.9 Å². The summed E-state index contributed by atoms with van der Waals surface area (Å²) in [6.07, 6.45) is 3.76. The quantitative estimate of drug-likeness (QED) is 0.875. The third-order valence-electron chi connectivity index (χ3n) is 2.88. The molecule has 3 nitrogen and oxygen atoms in total. The maximum Gasteiger partial charge on any atom is 0.172 e. The monoisotopic (exact) mass is 309 g/mol. The number of aromatic nitrogens is 2. The van der Waals surface area contributed by atoms with Gasteiger partial charge in [0.1, 0.15) is 0 Å². The normalized spacial score (nSPS) is 11.2. The van der Waals surface area contributed by atoms with Gasteiger partial charge in [0.15, 0.2) is 5.16 Å². The number of benzene rings is 1. The minimum absolute atomic E-state index is 0.646. The van der Waals surface area contributed by atoms with Crippen molar-refractivity contribution in [1.29, 1.82) is 0 Å². The predicted octanol–water partition coefficient (Wildman–Crippen LogP) is 3.97. The number of imidazole rings is 1. The maximum absolute atomic E-state index is 6.12. The molecule has 0 spiro atoms. The smallest absolute Gasteiger partial charge is 0.172 e. The molecule has 0 radical (unpaired) electrons. The zero-order valence-electron chi connectivity index (χ0n) is 12.1. The standard InChI is InChI=1S/C15H20ClN3S/c1-11(2)9-17-10-12-4-5-13(16)8-14(12)20-15-18-6-7-19(15)3/h4-8,11,17H,9-10H2,1-3H3. The van der Waals surface area contributed by atoms with E-state index in [2.05, 4.69) is 30.2 Å². The molecule has 2 aromatic rings. The average molecular weight is 310 g/mol. The van der Waals surface area contributed by atoms with Crippen LogP contribution in [0.1, 0.15) is 19.4 Å². The summed E-state index contributed by atoms with van der Waals surface area (Å²) in [6, 6.07) is 6.03. The van der Waals surface area contributed by atoms with Gasteiger partial charge in [-0.2, -0.15) is 0 Å². The lowest BCUT2D eigenvalue weighted by Gasteiger charge is -2.12. The van der Waals surface area contributed by atoms with Crippen LogP contribution in [0.3, 0.4) is 0 Å². The highest BCUT2D eigenvalue weighted by atomic mass is 35.5. The first-order valence-corrected chi connectivity index (χ1v) is 7.90. The van der Waals surface area contributed by atoms with Crippen LogP contribution in [0, 0.1) is 5.92 Å². The number of hydrogen-bond acceptors (Lipinski definition) is 3. The van der Waals surface area contributed by atoms with Crippen molar-refractivity contribution in [3.8, 4) is 0 Å². The van der Waals surface area contributed by atoms with E-state index in [1.807, 2.05) is 36.1 Å². The van der Waals surface area contributed by atoms with Crippen LogP contribution < -0.4 is 5.32 Å². The van der Waals surface area contributed by atoms with E-state index < -0.39 is 0 Å². The van der Waals surface area contributed by atoms with Crippen LogP contribution >= 0.6 is 23.4 Å². The SMILES string of the molecule is CC(C)CNCc1ccc(Cl)cc1Sc1nccn1C. The van der Waals surface area contributed by atoms with E-state index in [1.54, 1.807) is 11.8 Å². The molecule has 1 aromatic heterocycles. The van der Waals surface area contributed by atoms with E-state index in [9.17, 15) is 0 Å². The Balaban J connectivity index is 2.13. The molecule has 0 atom stereocenters. The minimum atomic E-state index is 0.646. The fourth-order valence-corrected chi connectivity index (χ4v) is 3.02. The van der Waals surface area contributed by atoms with Crippen molar-refractivity contribution in [2.24, 2.45) is 13.0 Å².